The van der Waals surface area contributed by atoms with Gasteiger partial charge in [-0.1, -0.05) is 57.2 Å². The molecule has 1 aliphatic carbocycles. The fourth-order valence-electron chi connectivity index (χ4n) is 4.16. The summed E-state index contributed by atoms with van der Waals surface area (Å²) in [5.74, 6) is 0.877. The summed E-state index contributed by atoms with van der Waals surface area (Å²) in [7, 11) is 0. The molecule has 3 nitrogen and oxygen atoms in total. The molecule has 0 spiro atoms. The maximum absolute atomic E-state index is 12.7. The number of fused-ring (bicyclic) bond motifs is 2. The van der Waals surface area contributed by atoms with Gasteiger partial charge in [-0.15, -0.1) is 23.1 Å². The quantitative estimate of drug-likeness (QED) is 0.467. The fourth-order valence-corrected chi connectivity index (χ4v) is 6.33. The van der Waals surface area contributed by atoms with E-state index in [-0.39, 0.29) is 11.3 Å². The van der Waals surface area contributed by atoms with Crippen LogP contribution in [0.3, 0.4) is 0 Å². The van der Waals surface area contributed by atoms with E-state index in [4.69, 9.17) is 0 Å². The highest BCUT2D eigenvalue weighted by Gasteiger charge is 2.32. The number of carbonyl (C=O) groups excluding carboxylic acids is 1. The number of hydrogen-bond donors (Lipinski definition) is 1. The average molecular weight is 435 g/mol. The van der Waals surface area contributed by atoms with Crippen LogP contribution in [0.25, 0.3) is 10.8 Å². The molecule has 1 N–H and O–H groups in total. The van der Waals surface area contributed by atoms with Crippen LogP contribution in [0.1, 0.15) is 43.2 Å². The van der Waals surface area contributed by atoms with Crippen LogP contribution in [0.15, 0.2) is 47.4 Å². The highest BCUT2D eigenvalue weighted by atomic mass is 32.2. The molecule has 1 heterocycles. The highest BCUT2D eigenvalue weighted by molar-refractivity contribution is 8.00. The topological polar surface area (TPSA) is 52.9 Å². The smallest absolute Gasteiger partial charge is 0.235 e. The van der Waals surface area contributed by atoms with E-state index in [9.17, 15) is 10.1 Å². The summed E-state index contributed by atoms with van der Waals surface area (Å²) in [6.07, 6.45) is 3.03. The lowest BCUT2D eigenvalue weighted by Crippen LogP contribution is -2.26. The van der Waals surface area contributed by atoms with E-state index < -0.39 is 0 Å². The summed E-state index contributed by atoms with van der Waals surface area (Å²) in [6.45, 7) is 6.86. The molecule has 0 radical (unpaired) electrons. The fraction of sp³-hybridized carbons (Fsp3) is 0.360. The minimum atomic E-state index is -0.0598. The van der Waals surface area contributed by atoms with Crippen LogP contribution in [0.4, 0.5) is 5.00 Å². The first kappa shape index (κ1) is 21.0. The maximum atomic E-state index is 12.7. The number of rotatable bonds is 4. The zero-order chi connectivity index (χ0) is 21.3. The molecule has 1 aliphatic rings. The van der Waals surface area contributed by atoms with Gasteiger partial charge >= 0.3 is 0 Å². The number of carbonyl (C=O) groups is 1. The van der Waals surface area contributed by atoms with Crippen LogP contribution in [0, 0.1) is 22.7 Å². The Morgan fingerprint density at radius 2 is 2.00 bits per heavy atom. The second-order valence-electron chi connectivity index (χ2n) is 8.94. The maximum Gasteiger partial charge on any atom is 0.235 e. The summed E-state index contributed by atoms with van der Waals surface area (Å²) in [5.41, 5.74) is 2.08. The predicted octanol–water partition coefficient (Wildman–Crippen LogP) is 6.65. The average Bonchev–Trinajstić information content (AvgIpc) is 3.07. The van der Waals surface area contributed by atoms with Gasteiger partial charge in [0.2, 0.25) is 5.91 Å². The number of nitrogens with zero attached hydrogens (tertiary/aromatic N) is 1. The molecule has 0 unspecified atom stereocenters. The number of thioether (sulfide) groups is 1. The number of hydrogen-bond acceptors (Lipinski definition) is 4. The zero-order valence-electron chi connectivity index (χ0n) is 17.6. The van der Waals surface area contributed by atoms with Gasteiger partial charge in [-0.05, 0) is 53.0 Å². The third-order valence-corrected chi connectivity index (χ3v) is 8.21. The van der Waals surface area contributed by atoms with Gasteiger partial charge in [-0.25, -0.2) is 0 Å². The van der Waals surface area contributed by atoms with E-state index in [1.807, 2.05) is 18.2 Å². The second-order valence-corrected chi connectivity index (χ2v) is 11.1. The normalized spacial score (nSPS) is 16.1. The Kier molecular flexibility index (Phi) is 5.90. The first-order valence-electron chi connectivity index (χ1n) is 10.3. The van der Waals surface area contributed by atoms with Crippen LogP contribution in [0.5, 0.6) is 0 Å². The number of nitrogens with one attached hydrogen (secondary N) is 1. The Balaban J connectivity index is 1.47. The molecule has 0 saturated heterocycles. The van der Waals surface area contributed by atoms with Crippen molar-refractivity contribution in [3.63, 3.8) is 0 Å². The Hall–Kier alpha value is -2.29. The van der Waals surface area contributed by atoms with Gasteiger partial charge in [-0.3, -0.25) is 4.79 Å². The van der Waals surface area contributed by atoms with Crippen molar-refractivity contribution in [3.8, 4) is 6.07 Å². The highest BCUT2D eigenvalue weighted by Crippen LogP contribution is 2.44. The zero-order valence-corrected chi connectivity index (χ0v) is 19.3. The summed E-state index contributed by atoms with van der Waals surface area (Å²) in [4.78, 5) is 15.1. The van der Waals surface area contributed by atoms with Gasteiger partial charge in [-0.2, -0.15) is 5.26 Å². The summed E-state index contributed by atoms with van der Waals surface area (Å²) >= 11 is 3.13. The molecule has 1 amide bonds. The monoisotopic (exact) mass is 434 g/mol. The Bertz CT molecular complexity index is 1130. The van der Waals surface area contributed by atoms with Gasteiger partial charge in [0, 0.05) is 9.77 Å². The van der Waals surface area contributed by atoms with Crippen LogP contribution < -0.4 is 5.32 Å². The first-order valence-corrected chi connectivity index (χ1v) is 12.1. The van der Waals surface area contributed by atoms with Crippen molar-refractivity contribution in [1.29, 1.82) is 5.26 Å². The molecule has 154 valence electrons. The molecule has 2 aromatic carbocycles. The number of nitriles is 1. The van der Waals surface area contributed by atoms with Crippen LogP contribution in [0.2, 0.25) is 0 Å². The number of anilines is 1. The van der Waals surface area contributed by atoms with Crippen molar-refractivity contribution in [1.82, 2.24) is 0 Å². The molecule has 1 aromatic heterocycles. The van der Waals surface area contributed by atoms with Crippen LogP contribution in [-0.2, 0) is 17.6 Å². The van der Waals surface area contributed by atoms with Gasteiger partial charge in [0.15, 0.2) is 0 Å². The van der Waals surface area contributed by atoms with Crippen LogP contribution in [-0.4, -0.2) is 11.7 Å². The molecule has 1 atom stereocenters. The van der Waals surface area contributed by atoms with E-state index in [1.165, 1.54) is 22.0 Å². The SMILES string of the molecule is CC(C)(C)[C@@H]1CCc2c(sc(NC(=O)CSc3cccc4ccccc34)c2C#N)C1. The van der Waals surface area contributed by atoms with E-state index >= 15 is 0 Å². The van der Waals surface area contributed by atoms with Crippen LogP contribution >= 0.6 is 23.1 Å². The van der Waals surface area contributed by atoms with Gasteiger partial charge in [0.25, 0.3) is 0 Å². The number of amides is 1. The van der Waals surface area contributed by atoms with Gasteiger partial charge < -0.3 is 5.32 Å². The predicted molar refractivity (Wildman–Crippen MR) is 127 cm³/mol. The second kappa shape index (κ2) is 8.45. The van der Waals surface area contributed by atoms with Crippen molar-refractivity contribution in [2.75, 3.05) is 11.1 Å². The number of thiophene rings is 1. The van der Waals surface area contributed by atoms with Gasteiger partial charge in [0.05, 0.1) is 11.3 Å². The van der Waals surface area contributed by atoms with E-state index in [0.717, 1.165) is 40.1 Å². The van der Waals surface area contributed by atoms with Gasteiger partial charge in [0.1, 0.15) is 11.1 Å². The molecule has 4 rings (SSSR count). The third-order valence-electron chi connectivity index (χ3n) is 5.96. The Morgan fingerprint density at radius 1 is 1.23 bits per heavy atom. The summed E-state index contributed by atoms with van der Waals surface area (Å²) in [6, 6.07) is 16.7. The lowest BCUT2D eigenvalue weighted by atomic mass is 9.72. The summed E-state index contributed by atoms with van der Waals surface area (Å²) in [5, 5.41) is 15.8. The number of benzene rings is 2. The molecule has 5 heteroatoms. The summed E-state index contributed by atoms with van der Waals surface area (Å²) < 4.78 is 0. The van der Waals surface area contributed by atoms with Crippen molar-refractivity contribution in [2.24, 2.45) is 11.3 Å². The molecular formula is C25H26N2OS2. The molecule has 0 aliphatic heterocycles. The Morgan fingerprint density at radius 3 is 2.77 bits per heavy atom. The molecule has 0 bridgehead atoms. The molecular weight excluding hydrogens is 408 g/mol. The largest absolute Gasteiger partial charge is 0.316 e. The van der Waals surface area contributed by atoms with E-state index in [1.54, 1.807) is 11.3 Å². The molecule has 0 fully saturated rings. The minimum Gasteiger partial charge on any atom is -0.316 e. The Labute approximate surface area is 186 Å². The lowest BCUT2D eigenvalue weighted by molar-refractivity contribution is -0.113. The van der Waals surface area contributed by atoms with Crippen molar-refractivity contribution >= 4 is 44.8 Å². The standard InChI is InChI=1S/C25H26N2OS2/c1-25(2,3)17-11-12-19-20(14-26)24(30-22(19)13-17)27-23(28)15-29-21-10-6-8-16-7-4-5-9-18(16)21/h4-10,17H,11-13,15H2,1-3H3,(H,27,28)/t17-/m1/s1. The molecule has 0 saturated carbocycles. The molecule has 30 heavy (non-hydrogen) atoms. The lowest BCUT2D eigenvalue weighted by Gasteiger charge is -2.33. The van der Waals surface area contributed by atoms with Crippen molar-refractivity contribution in [3.05, 3.63) is 58.5 Å². The third kappa shape index (κ3) is 4.26. The van der Waals surface area contributed by atoms with E-state index in [2.05, 4.69) is 56.4 Å². The van der Waals surface area contributed by atoms with Crippen molar-refractivity contribution < 1.29 is 4.79 Å². The minimum absolute atomic E-state index is 0.0598. The van der Waals surface area contributed by atoms with Crippen molar-refractivity contribution in [2.45, 2.75) is 44.9 Å². The van der Waals surface area contributed by atoms with E-state index in [0.29, 0.717) is 17.2 Å². The molecule has 3 aromatic rings. The first-order chi connectivity index (χ1) is 14.4.